The number of hydrogen-bond donors (Lipinski definition) is 3. The minimum Gasteiger partial charge on any atom is -0.270 e. The number of aryl methyl sites for hydroxylation is 1. The third kappa shape index (κ3) is 1.47. The van der Waals surface area contributed by atoms with Gasteiger partial charge in [0.15, 0.2) is 0 Å². The van der Waals surface area contributed by atoms with Crippen LogP contribution >= 0.6 is 0 Å². The molecule has 0 saturated heterocycles. The number of nitrogens with zero attached hydrogens (tertiary/aromatic N) is 5. The van der Waals surface area contributed by atoms with E-state index < -0.39 is 0 Å². The molecular weight excluding hydrogens is 184 g/mol. The molecule has 2 aromatic rings. The third-order valence-electron chi connectivity index (χ3n) is 1.79. The second-order valence-corrected chi connectivity index (χ2v) is 2.73. The van der Waals surface area contributed by atoms with E-state index >= 15 is 0 Å². The Balaban J connectivity index is 2.31. The number of aromatic amines is 1. The van der Waals surface area contributed by atoms with Crippen molar-refractivity contribution in [2.24, 2.45) is 12.9 Å². The predicted octanol–water partition coefficient (Wildman–Crippen LogP) is -1.51. The van der Waals surface area contributed by atoms with E-state index in [-0.39, 0.29) is 6.04 Å². The Morgan fingerprint density at radius 3 is 3.00 bits per heavy atom. The zero-order valence-corrected chi connectivity index (χ0v) is 7.55. The lowest BCUT2D eigenvalue weighted by molar-refractivity contribution is 0.569. The summed E-state index contributed by atoms with van der Waals surface area (Å²) in [6.45, 7) is 0. The molecular formula is C6H10N8. The van der Waals surface area contributed by atoms with E-state index in [0.717, 1.165) is 0 Å². The van der Waals surface area contributed by atoms with Crippen LogP contribution in [0.4, 0.5) is 0 Å². The van der Waals surface area contributed by atoms with Crippen LogP contribution in [0, 0.1) is 0 Å². The van der Waals surface area contributed by atoms with Gasteiger partial charge < -0.3 is 0 Å². The van der Waals surface area contributed by atoms with Crippen molar-refractivity contribution < 1.29 is 0 Å². The van der Waals surface area contributed by atoms with Crippen LogP contribution in [0.2, 0.25) is 0 Å². The molecule has 14 heavy (non-hydrogen) atoms. The van der Waals surface area contributed by atoms with E-state index in [9.17, 15) is 0 Å². The van der Waals surface area contributed by atoms with Gasteiger partial charge in [0.05, 0.1) is 6.20 Å². The minimum absolute atomic E-state index is 0.314. The maximum absolute atomic E-state index is 5.39. The Morgan fingerprint density at radius 2 is 2.50 bits per heavy atom. The molecule has 0 spiro atoms. The number of hydrazine groups is 1. The van der Waals surface area contributed by atoms with Gasteiger partial charge in [-0.25, -0.2) is 10.4 Å². The molecule has 2 heterocycles. The van der Waals surface area contributed by atoms with Gasteiger partial charge >= 0.3 is 0 Å². The van der Waals surface area contributed by atoms with E-state index in [1.807, 2.05) is 0 Å². The molecule has 0 aromatic carbocycles. The van der Waals surface area contributed by atoms with Gasteiger partial charge in [0.2, 0.25) is 0 Å². The Kier molecular flexibility index (Phi) is 2.21. The fourth-order valence-electron chi connectivity index (χ4n) is 1.15. The van der Waals surface area contributed by atoms with Crippen molar-refractivity contribution >= 4 is 0 Å². The molecule has 2 aromatic heterocycles. The molecule has 0 radical (unpaired) electrons. The lowest BCUT2D eigenvalue weighted by atomic mass is 10.2. The van der Waals surface area contributed by atoms with Gasteiger partial charge in [0, 0.05) is 7.05 Å². The summed E-state index contributed by atoms with van der Waals surface area (Å²) in [5.41, 5.74) is 3.27. The van der Waals surface area contributed by atoms with Crippen molar-refractivity contribution in [1.29, 1.82) is 0 Å². The topological polar surface area (TPSA) is 110 Å². The monoisotopic (exact) mass is 194 g/mol. The summed E-state index contributed by atoms with van der Waals surface area (Å²) in [5.74, 6) is 6.00. The van der Waals surface area contributed by atoms with E-state index in [4.69, 9.17) is 5.84 Å². The molecule has 4 N–H and O–H groups in total. The highest BCUT2D eigenvalue weighted by molar-refractivity contribution is 5.10. The molecule has 0 aliphatic carbocycles. The molecule has 1 unspecified atom stereocenters. The Hall–Kier alpha value is -1.80. The Bertz CT molecular complexity index is 390. The molecule has 74 valence electrons. The Labute approximate surface area is 79.5 Å². The first kappa shape index (κ1) is 8.78. The van der Waals surface area contributed by atoms with Crippen LogP contribution in [0.25, 0.3) is 0 Å². The quantitative estimate of drug-likeness (QED) is 0.404. The average molecular weight is 194 g/mol. The molecule has 0 fully saturated rings. The summed E-state index contributed by atoms with van der Waals surface area (Å²) >= 11 is 0. The molecule has 8 nitrogen and oxygen atoms in total. The van der Waals surface area contributed by atoms with Crippen LogP contribution < -0.4 is 11.3 Å². The molecule has 1 atom stereocenters. The van der Waals surface area contributed by atoms with Crippen molar-refractivity contribution in [2.45, 2.75) is 6.04 Å². The number of nitrogens with two attached hydrogens (primary N) is 1. The number of nitrogens with one attached hydrogen (secondary N) is 2. The summed E-state index contributed by atoms with van der Waals surface area (Å²) in [6, 6.07) is -0.314. The summed E-state index contributed by atoms with van der Waals surface area (Å²) < 4.78 is 0. The maximum Gasteiger partial charge on any atom is 0.149 e. The molecule has 0 amide bonds. The summed E-state index contributed by atoms with van der Waals surface area (Å²) in [6.07, 6.45) is 3.03. The van der Waals surface area contributed by atoms with Gasteiger partial charge in [0.25, 0.3) is 0 Å². The van der Waals surface area contributed by atoms with Gasteiger partial charge in [-0.05, 0) is 0 Å². The molecule has 0 saturated carbocycles. The number of hydrogen-bond acceptors (Lipinski definition) is 6. The second-order valence-electron chi connectivity index (χ2n) is 2.73. The van der Waals surface area contributed by atoms with E-state index in [1.54, 1.807) is 13.2 Å². The second kappa shape index (κ2) is 3.52. The molecule has 8 heteroatoms. The summed E-state index contributed by atoms with van der Waals surface area (Å²) in [4.78, 5) is 5.44. The smallest absolute Gasteiger partial charge is 0.149 e. The molecule has 0 bridgehead atoms. The largest absolute Gasteiger partial charge is 0.270 e. The van der Waals surface area contributed by atoms with Crippen molar-refractivity contribution in [3.63, 3.8) is 0 Å². The Morgan fingerprint density at radius 1 is 1.64 bits per heavy atom. The fraction of sp³-hybridized carbons (Fsp3) is 0.333. The van der Waals surface area contributed by atoms with Gasteiger partial charge in [-0.15, -0.1) is 0 Å². The minimum atomic E-state index is -0.314. The first-order valence-electron chi connectivity index (χ1n) is 3.99. The SMILES string of the molecule is Cn1ncc(C(NN)c2ncn[nH]2)n1. The first-order valence-corrected chi connectivity index (χ1v) is 3.99. The predicted molar refractivity (Wildman–Crippen MR) is 46.6 cm³/mol. The lowest BCUT2D eigenvalue weighted by Gasteiger charge is -2.08. The van der Waals surface area contributed by atoms with Crippen molar-refractivity contribution in [3.8, 4) is 0 Å². The molecule has 0 aliphatic heterocycles. The van der Waals surface area contributed by atoms with E-state index in [0.29, 0.717) is 11.5 Å². The van der Waals surface area contributed by atoms with Crippen LogP contribution in [0.15, 0.2) is 12.5 Å². The highest BCUT2D eigenvalue weighted by Crippen LogP contribution is 2.13. The van der Waals surface area contributed by atoms with E-state index in [2.05, 4.69) is 30.8 Å². The van der Waals surface area contributed by atoms with Crippen LogP contribution in [0.1, 0.15) is 17.6 Å². The average Bonchev–Trinajstić information content (AvgIpc) is 2.79. The third-order valence-corrected chi connectivity index (χ3v) is 1.79. The van der Waals surface area contributed by atoms with Gasteiger partial charge in [-0.3, -0.25) is 10.9 Å². The highest BCUT2D eigenvalue weighted by atomic mass is 15.5. The van der Waals surface area contributed by atoms with Gasteiger partial charge in [-0.2, -0.15) is 20.1 Å². The van der Waals surface area contributed by atoms with Crippen LogP contribution in [-0.4, -0.2) is 30.2 Å². The fourth-order valence-corrected chi connectivity index (χ4v) is 1.15. The van der Waals surface area contributed by atoms with Crippen molar-refractivity contribution in [2.75, 3.05) is 0 Å². The zero-order chi connectivity index (χ0) is 9.97. The number of H-pyrrole nitrogens is 1. The first-order chi connectivity index (χ1) is 6.81. The molecule has 2 rings (SSSR count). The standard InChI is InChI=1S/C6H10N8/c1-14-10-2-4(13-14)5(11-7)6-8-3-9-12-6/h2-3,5,11H,7H2,1H3,(H,8,9,12). The lowest BCUT2D eigenvalue weighted by Crippen LogP contribution is -2.30. The molecule has 0 aliphatic rings. The van der Waals surface area contributed by atoms with Gasteiger partial charge in [-0.1, -0.05) is 0 Å². The van der Waals surface area contributed by atoms with Crippen molar-refractivity contribution in [3.05, 3.63) is 24.0 Å². The van der Waals surface area contributed by atoms with Crippen LogP contribution in [0.3, 0.4) is 0 Å². The van der Waals surface area contributed by atoms with Crippen LogP contribution in [0.5, 0.6) is 0 Å². The maximum atomic E-state index is 5.39. The summed E-state index contributed by atoms with van der Waals surface area (Å²) in [7, 11) is 1.73. The summed E-state index contributed by atoms with van der Waals surface area (Å²) in [5, 5.41) is 14.5. The van der Waals surface area contributed by atoms with Crippen LogP contribution in [-0.2, 0) is 7.05 Å². The van der Waals surface area contributed by atoms with E-state index in [1.165, 1.54) is 11.1 Å². The normalized spacial score (nSPS) is 13.0. The van der Waals surface area contributed by atoms with Crippen molar-refractivity contribution in [1.82, 2.24) is 35.6 Å². The number of rotatable bonds is 3. The number of aromatic nitrogens is 6. The van der Waals surface area contributed by atoms with Gasteiger partial charge in [0.1, 0.15) is 23.9 Å². The zero-order valence-electron chi connectivity index (χ0n) is 7.55. The highest BCUT2D eigenvalue weighted by Gasteiger charge is 2.18.